The third kappa shape index (κ3) is 8.22. The number of Topliss-reactive ketones (excluding diaryl/α,β-unsaturated/α-hetero) is 2. The number of rotatable bonds is 15. The van der Waals surface area contributed by atoms with E-state index in [4.69, 9.17) is 14.6 Å². The van der Waals surface area contributed by atoms with Gasteiger partial charge in [-0.05, 0) is 49.9 Å². The molecule has 204 valence electrons. The van der Waals surface area contributed by atoms with Crippen LogP contribution >= 0.6 is 0 Å². The van der Waals surface area contributed by atoms with Crippen molar-refractivity contribution < 1.29 is 33.8 Å². The van der Waals surface area contributed by atoms with E-state index in [2.05, 4.69) is 10.6 Å². The summed E-state index contributed by atoms with van der Waals surface area (Å²) in [6.07, 6.45) is 0.288. The van der Waals surface area contributed by atoms with Crippen LogP contribution in [0, 0.1) is 5.92 Å². The summed E-state index contributed by atoms with van der Waals surface area (Å²) < 4.78 is 10.6. The number of epoxide rings is 1. The van der Waals surface area contributed by atoms with Crippen LogP contribution in [0.3, 0.4) is 0 Å². The highest BCUT2D eigenvalue weighted by molar-refractivity contribution is 5.98. The summed E-state index contributed by atoms with van der Waals surface area (Å²) in [6, 6.07) is 14.9. The lowest BCUT2D eigenvalue weighted by atomic mass is 9.89. The molecule has 2 aromatic carbocycles. The fourth-order valence-electron chi connectivity index (χ4n) is 4.19. The number of carbonyl (C=O) groups excluding carboxylic acids is 4. The molecule has 0 unspecified atom stereocenters. The van der Waals surface area contributed by atoms with Gasteiger partial charge in [0.25, 0.3) is 0 Å². The van der Waals surface area contributed by atoms with Gasteiger partial charge in [-0.25, -0.2) is 0 Å². The zero-order chi connectivity index (χ0) is 27.7. The summed E-state index contributed by atoms with van der Waals surface area (Å²) in [5.74, 6) is -1.54. The Bertz CT molecular complexity index is 1110. The van der Waals surface area contributed by atoms with Crippen molar-refractivity contribution in [1.29, 1.82) is 0 Å². The highest BCUT2D eigenvalue weighted by atomic mass is 16.6. The molecule has 0 aliphatic carbocycles. The molecule has 1 aliphatic heterocycles. The number of hydrogen-bond acceptors (Lipinski definition) is 7. The van der Waals surface area contributed by atoms with Crippen molar-refractivity contribution >= 4 is 23.4 Å². The van der Waals surface area contributed by atoms with Crippen molar-refractivity contribution in [3.8, 4) is 5.75 Å². The SMILES string of the molecule is COc1ccc(C[C@H](CC(=O)[C@H](C)NC(=O)CCO)C(=O)N[C@@H](Cc2ccccc2)C(=O)[C@@]2(C)CO2)cc1. The van der Waals surface area contributed by atoms with E-state index in [0.29, 0.717) is 18.8 Å². The Kier molecular flexibility index (Phi) is 10.2. The maximum atomic E-state index is 13.6. The second-order valence-electron chi connectivity index (χ2n) is 9.82. The van der Waals surface area contributed by atoms with Gasteiger partial charge in [0.05, 0.1) is 32.4 Å². The van der Waals surface area contributed by atoms with E-state index >= 15 is 0 Å². The average Bonchev–Trinajstić information content (AvgIpc) is 3.66. The van der Waals surface area contributed by atoms with Gasteiger partial charge < -0.3 is 25.2 Å². The molecule has 0 saturated carbocycles. The van der Waals surface area contributed by atoms with Crippen LogP contribution in [-0.2, 0) is 36.8 Å². The standard InChI is InChI=1S/C29H36N2O7/c1-19(30-26(34)13-14-32)25(33)17-22(15-21-9-11-23(37-3)12-10-21)28(36)31-24(27(35)29(2)18-38-29)16-20-7-5-4-6-8-20/h4-12,19,22,24,32H,13-18H2,1-3H3,(H,30,34)(H,31,36)/t19-,22+,24-,29+/m0/s1. The molecule has 2 amide bonds. The van der Waals surface area contributed by atoms with Gasteiger partial charge in [0.15, 0.2) is 11.6 Å². The summed E-state index contributed by atoms with van der Waals surface area (Å²) in [6.45, 7) is 3.22. The number of carbonyl (C=O) groups is 4. The molecule has 4 atom stereocenters. The molecule has 0 spiro atoms. The molecule has 9 nitrogen and oxygen atoms in total. The molecule has 3 rings (SSSR count). The lowest BCUT2D eigenvalue weighted by Crippen LogP contribution is -2.50. The molecule has 3 N–H and O–H groups in total. The molecule has 1 saturated heterocycles. The summed E-state index contributed by atoms with van der Waals surface area (Å²) in [5.41, 5.74) is 0.775. The van der Waals surface area contributed by atoms with E-state index in [9.17, 15) is 19.2 Å². The lowest BCUT2D eigenvalue weighted by Gasteiger charge is -2.24. The van der Waals surface area contributed by atoms with E-state index in [0.717, 1.165) is 11.1 Å². The molecule has 1 heterocycles. The van der Waals surface area contributed by atoms with Crippen LogP contribution in [0.2, 0.25) is 0 Å². The first-order chi connectivity index (χ1) is 18.1. The average molecular weight is 525 g/mol. The third-order valence-corrected chi connectivity index (χ3v) is 6.67. The minimum absolute atomic E-state index is 0.114. The predicted octanol–water partition coefficient (Wildman–Crippen LogP) is 1.79. The van der Waals surface area contributed by atoms with Crippen LogP contribution in [0.25, 0.3) is 0 Å². The van der Waals surface area contributed by atoms with Gasteiger partial charge in [0.2, 0.25) is 11.8 Å². The van der Waals surface area contributed by atoms with Crippen molar-refractivity contribution in [3.05, 3.63) is 65.7 Å². The van der Waals surface area contributed by atoms with Crippen molar-refractivity contribution in [2.75, 3.05) is 20.3 Å². The van der Waals surface area contributed by atoms with Crippen molar-refractivity contribution in [1.82, 2.24) is 10.6 Å². The zero-order valence-corrected chi connectivity index (χ0v) is 22.1. The molecular weight excluding hydrogens is 488 g/mol. The number of benzene rings is 2. The Balaban J connectivity index is 1.79. The summed E-state index contributed by atoms with van der Waals surface area (Å²) >= 11 is 0. The Labute approximate surface area is 222 Å². The summed E-state index contributed by atoms with van der Waals surface area (Å²) in [7, 11) is 1.56. The van der Waals surface area contributed by atoms with Crippen LogP contribution in [0.1, 0.15) is 37.8 Å². The van der Waals surface area contributed by atoms with Gasteiger partial charge in [0, 0.05) is 18.8 Å². The van der Waals surface area contributed by atoms with Gasteiger partial charge in [-0.15, -0.1) is 0 Å². The number of amides is 2. The van der Waals surface area contributed by atoms with E-state index in [1.807, 2.05) is 42.5 Å². The minimum atomic E-state index is -0.931. The summed E-state index contributed by atoms with van der Waals surface area (Å²) in [4.78, 5) is 51.7. The fraction of sp³-hybridized carbons (Fsp3) is 0.448. The van der Waals surface area contributed by atoms with Gasteiger partial charge in [-0.3, -0.25) is 19.2 Å². The monoisotopic (exact) mass is 524 g/mol. The first kappa shape index (κ1) is 29.0. The van der Waals surface area contributed by atoms with Gasteiger partial charge in [0.1, 0.15) is 11.4 Å². The molecule has 1 aliphatic rings. The second-order valence-corrected chi connectivity index (χ2v) is 9.82. The Morgan fingerprint density at radius 1 is 1.00 bits per heavy atom. The van der Waals surface area contributed by atoms with Crippen molar-refractivity contribution in [2.24, 2.45) is 5.92 Å². The number of aliphatic hydroxyl groups excluding tert-OH is 1. The molecule has 0 aromatic heterocycles. The van der Waals surface area contributed by atoms with Crippen molar-refractivity contribution in [2.45, 2.75) is 57.2 Å². The maximum absolute atomic E-state index is 13.6. The van der Waals surface area contributed by atoms with Gasteiger partial charge in [-0.1, -0.05) is 42.5 Å². The Morgan fingerprint density at radius 2 is 1.63 bits per heavy atom. The normalized spacial score (nSPS) is 18.5. The maximum Gasteiger partial charge on any atom is 0.224 e. The number of hydrogen-bond donors (Lipinski definition) is 3. The second kappa shape index (κ2) is 13.3. The van der Waals surface area contributed by atoms with Crippen LogP contribution in [0.4, 0.5) is 0 Å². The highest BCUT2D eigenvalue weighted by Crippen LogP contribution is 2.29. The fourth-order valence-corrected chi connectivity index (χ4v) is 4.19. The van der Waals surface area contributed by atoms with Crippen molar-refractivity contribution in [3.63, 3.8) is 0 Å². The zero-order valence-electron chi connectivity index (χ0n) is 22.1. The lowest BCUT2D eigenvalue weighted by molar-refractivity contribution is -0.134. The number of nitrogens with one attached hydrogen (secondary N) is 2. The third-order valence-electron chi connectivity index (χ3n) is 6.67. The topological polar surface area (TPSA) is 134 Å². The van der Waals surface area contributed by atoms with E-state index < -0.39 is 35.4 Å². The highest BCUT2D eigenvalue weighted by Gasteiger charge is 2.50. The van der Waals surface area contributed by atoms with Crippen LogP contribution in [0.15, 0.2) is 54.6 Å². The molecule has 1 fully saturated rings. The molecular formula is C29H36N2O7. The Hall–Kier alpha value is -3.56. The predicted molar refractivity (Wildman–Crippen MR) is 141 cm³/mol. The first-order valence-corrected chi connectivity index (χ1v) is 12.7. The Morgan fingerprint density at radius 3 is 2.21 bits per heavy atom. The quantitative estimate of drug-likeness (QED) is 0.302. The van der Waals surface area contributed by atoms with Gasteiger partial charge in [-0.2, -0.15) is 0 Å². The molecule has 38 heavy (non-hydrogen) atoms. The van der Waals surface area contributed by atoms with E-state index in [1.165, 1.54) is 0 Å². The largest absolute Gasteiger partial charge is 0.497 e. The summed E-state index contributed by atoms with van der Waals surface area (Å²) in [5, 5.41) is 14.4. The minimum Gasteiger partial charge on any atom is -0.497 e. The van der Waals surface area contributed by atoms with E-state index in [1.54, 1.807) is 33.1 Å². The van der Waals surface area contributed by atoms with E-state index in [-0.39, 0.29) is 37.4 Å². The number of methoxy groups -OCH3 is 1. The molecule has 9 heteroatoms. The number of ketones is 2. The van der Waals surface area contributed by atoms with Crippen LogP contribution < -0.4 is 15.4 Å². The number of aliphatic hydroxyl groups is 1. The van der Waals surface area contributed by atoms with Crippen LogP contribution in [-0.4, -0.2) is 66.5 Å². The van der Waals surface area contributed by atoms with Gasteiger partial charge >= 0.3 is 0 Å². The van der Waals surface area contributed by atoms with Crippen LogP contribution in [0.5, 0.6) is 5.75 Å². The first-order valence-electron chi connectivity index (χ1n) is 12.7. The molecule has 2 aromatic rings. The molecule has 0 bridgehead atoms. The molecule has 0 radical (unpaired) electrons. The number of ether oxygens (including phenoxy) is 2. The smallest absolute Gasteiger partial charge is 0.224 e.